The van der Waals surface area contributed by atoms with Crippen LogP contribution in [-0.4, -0.2) is 27.0 Å². The molecule has 0 aliphatic rings. The first-order valence-corrected chi connectivity index (χ1v) is 6.42. The molecule has 1 rings (SSSR count). The van der Waals surface area contributed by atoms with Crippen LogP contribution in [0.15, 0.2) is 12.3 Å². The van der Waals surface area contributed by atoms with Gasteiger partial charge in [0.05, 0.1) is 11.3 Å². The number of hydrogen-bond donors (Lipinski definition) is 2. The van der Waals surface area contributed by atoms with Crippen LogP contribution in [0, 0.1) is 0 Å². The monoisotopic (exact) mass is 239 g/mol. The number of nitrogens with zero attached hydrogens (tertiary/aromatic N) is 2. The molecular formula is C13H25N3O. The van der Waals surface area contributed by atoms with Crippen LogP contribution in [0.25, 0.3) is 0 Å². The highest BCUT2D eigenvalue weighted by Gasteiger charge is 2.18. The number of hydrogen-bond acceptors (Lipinski definition) is 3. The molecule has 4 heteroatoms. The highest BCUT2D eigenvalue weighted by Crippen LogP contribution is 2.10. The summed E-state index contributed by atoms with van der Waals surface area (Å²) in [6, 6.07) is 2.41. The van der Waals surface area contributed by atoms with Crippen molar-refractivity contribution in [1.82, 2.24) is 15.1 Å². The maximum Gasteiger partial charge on any atom is 0.0762 e. The second-order valence-electron chi connectivity index (χ2n) is 5.23. The molecule has 1 atom stereocenters. The summed E-state index contributed by atoms with van der Waals surface area (Å²) >= 11 is 0. The fourth-order valence-electron chi connectivity index (χ4n) is 1.85. The van der Waals surface area contributed by atoms with Gasteiger partial charge in [0.15, 0.2) is 0 Å². The molecule has 0 aliphatic heterocycles. The summed E-state index contributed by atoms with van der Waals surface area (Å²) in [4.78, 5) is 0. The molecule has 0 fully saturated rings. The van der Waals surface area contributed by atoms with E-state index in [-0.39, 0.29) is 0 Å². The van der Waals surface area contributed by atoms with Crippen LogP contribution in [0.2, 0.25) is 0 Å². The van der Waals surface area contributed by atoms with Crippen molar-refractivity contribution in [2.75, 3.05) is 6.54 Å². The Hall–Kier alpha value is -0.870. The van der Waals surface area contributed by atoms with Crippen LogP contribution in [-0.2, 0) is 6.54 Å². The molecule has 1 aromatic heterocycles. The maximum atomic E-state index is 10.00. The van der Waals surface area contributed by atoms with Crippen LogP contribution >= 0.6 is 0 Å². The van der Waals surface area contributed by atoms with Gasteiger partial charge in [-0.15, -0.1) is 0 Å². The third kappa shape index (κ3) is 4.88. The van der Waals surface area contributed by atoms with Gasteiger partial charge >= 0.3 is 0 Å². The van der Waals surface area contributed by atoms with Crippen LogP contribution in [0.3, 0.4) is 0 Å². The number of nitrogens with one attached hydrogen (secondary N) is 1. The molecule has 98 valence electrons. The van der Waals surface area contributed by atoms with Gasteiger partial charge in [0.1, 0.15) is 0 Å². The van der Waals surface area contributed by atoms with E-state index >= 15 is 0 Å². The molecule has 0 aliphatic carbocycles. The minimum Gasteiger partial charge on any atom is -0.389 e. The molecule has 4 nitrogen and oxygen atoms in total. The third-order valence-corrected chi connectivity index (χ3v) is 2.79. The van der Waals surface area contributed by atoms with Crippen molar-refractivity contribution >= 4 is 0 Å². The summed E-state index contributed by atoms with van der Waals surface area (Å²) < 4.78 is 1.95. The maximum absolute atomic E-state index is 10.00. The summed E-state index contributed by atoms with van der Waals surface area (Å²) in [6.45, 7) is 9.48. The Bertz CT molecular complexity index is 331. The van der Waals surface area contributed by atoms with Gasteiger partial charge < -0.3 is 10.4 Å². The van der Waals surface area contributed by atoms with Crippen molar-refractivity contribution in [3.63, 3.8) is 0 Å². The Balaban J connectivity index is 2.35. The molecule has 0 bridgehead atoms. The predicted octanol–water partition coefficient (Wildman–Crippen LogP) is 2.10. The molecule has 17 heavy (non-hydrogen) atoms. The van der Waals surface area contributed by atoms with E-state index in [9.17, 15) is 5.11 Å². The van der Waals surface area contributed by atoms with Crippen molar-refractivity contribution < 1.29 is 5.11 Å². The van der Waals surface area contributed by atoms with Crippen LogP contribution in [0.5, 0.6) is 0 Å². The minimum absolute atomic E-state index is 0.395. The molecule has 0 spiro atoms. The summed E-state index contributed by atoms with van der Waals surface area (Å²) in [6.07, 6.45) is 3.81. The number of aliphatic hydroxyl groups is 1. The van der Waals surface area contributed by atoms with Crippen molar-refractivity contribution in [1.29, 1.82) is 0 Å². The Morgan fingerprint density at radius 2 is 2.24 bits per heavy atom. The van der Waals surface area contributed by atoms with E-state index in [4.69, 9.17) is 0 Å². The third-order valence-electron chi connectivity index (χ3n) is 2.79. The highest BCUT2D eigenvalue weighted by atomic mass is 16.3. The van der Waals surface area contributed by atoms with Crippen molar-refractivity contribution in [3.05, 3.63) is 18.0 Å². The van der Waals surface area contributed by atoms with Gasteiger partial charge in [-0.05, 0) is 33.3 Å². The summed E-state index contributed by atoms with van der Waals surface area (Å²) in [5.74, 6) is 0. The molecule has 0 amide bonds. The Morgan fingerprint density at radius 1 is 1.53 bits per heavy atom. The van der Waals surface area contributed by atoms with Crippen LogP contribution in [0.4, 0.5) is 0 Å². The minimum atomic E-state index is -0.616. The molecule has 1 unspecified atom stereocenters. The predicted molar refractivity (Wildman–Crippen MR) is 69.9 cm³/mol. The lowest BCUT2D eigenvalue weighted by molar-refractivity contribution is 0.0497. The summed E-state index contributed by atoms with van der Waals surface area (Å²) in [5, 5.41) is 17.7. The van der Waals surface area contributed by atoms with Crippen molar-refractivity contribution in [3.8, 4) is 0 Å². The van der Waals surface area contributed by atoms with E-state index in [1.54, 1.807) is 0 Å². The lowest BCUT2D eigenvalue weighted by Gasteiger charge is -2.22. The fraction of sp³-hybridized carbons (Fsp3) is 0.769. The van der Waals surface area contributed by atoms with E-state index < -0.39 is 5.60 Å². The van der Waals surface area contributed by atoms with Crippen LogP contribution < -0.4 is 5.32 Å². The Kier molecular flexibility index (Phi) is 5.15. The Labute approximate surface area is 104 Å². The quantitative estimate of drug-likeness (QED) is 0.766. The van der Waals surface area contributed by atoms with E-state index in [2.05, 4.69) is 31.2 Å². The first-order chi connectivity index (χ1) is 7.94. The highest BCUT2D eigenvalue weighted by molar-refractivity contribution is 4.99. The lowest BCUT2D eigenvalue weighted by atomic mass is 10.0. The SMILES string of the molecule is CCCC(C)(O)CNCc1ccn(C(C)C)n1. The Morgan fingerprint density at radius 3 is 2.76 bits per heavy atom. The molecular weight excluding hydrogens is 214 g/mol. The topological polar surface area (TPSA) is 50.1 Å². The first kappa shape index (κ1) is 14.2. The number of aromatic nitrogens is 2. The first-order valence-electron chi connectivity index (χ1n) is 6.42. The van der Waals surface area contributed by atoms with E-state index in [1.807, 2.05) is 23.9 Å². The molecule has 1 heterocycles. The summed E-state index contributed by atoms with van der Waals surface area (Å²) in [7, 11) is 0. The average molecular weight is 239 g/mol. The van der Waals surface area contributed by atoms with Gasteiger partial charge in [-0.2, -0.15) is 5.10 Å². The van der Waals surface area contributed by atoms with Gasteiger partial charge in [0.2, 0.25) is 0 Å². The second-order valence-corrected chi connectivity index (χ2v) is 5.23. The van der Waals surface area contributed by atoms with Crippen LogP contribution in [0.1, 0.15) is 52.3 Å². The molecule has 0 saturated heterocycles. The van der Waals surface area contributed by atoms with Gasteiger partial charge in [-0.3, -0.25) is 4.68 Å². The van der Waals surface area contributed by atoms with Gasteiger partial charge in [-0.25, -0.2) is 0 Å². The molecule has 0 radical (unpaired) electrons. The zero-order valence-corrected chi connectivity index (χ0v) is 11.4. The zero-order chi connectivity index (χ0) is 12.9. The van der Waals surface area contributed by atoms with Gasteiger partial charge in [-0.1, -0.05) is 13.3 Å². The van der Waals surface area contributed by atoms with E-state index in [0.717, 1.165) is 18.5 Å². The smallest absolute Gasteiger partial charge is 0.0762 e. The zero-order valence-electron chi connectivity index (χ0n) is 11.4. The second kappa shape index (κ2) is 6.17. The van der Waals surface area contributed by atoms with Crippen molar-refractivity contribution in [2.24, 2.45) is 0 Å². The van der Waals surface area contributed by atoms with Gasteiger partial charge in [0, 0.05) is 25.3 Å². The fourth-order valence-corrected chi connectivity index (χ4v) is 1.85. The molecule has 2 N–H and O–H groups in total. The van der Waals surface area contributed by atoms with Crippen molar-refractivity contribution in [2.45, 2.75) is 58.7 Å². The molecule has 0 aromatic carbocycles. The normalized spacial score (nSPS) is 15.2. The number of rotatable bonds is 7. The van der Waals surface area contributed by atoms with E-state index in [0.29, 0.717) is 19.1 Å². The largest absolute Gasteiger partial charge is 0.389 e. The average Bonchev–Trinajstić information content (AvgIpc) is 2.66. The molecule has 0 saturated carbocycles. The standard InChI is InChI=1S/C13H25N3O/c1-5-7-13(4,17)10-14-9-12-6-8-16(15-12)11(2)3/h6,8,11,14,17H,5,7,9-10H2,1-4H3. The van der Waals surface area contributed by atoms with Gasteiger partial charge in [0.25, 0.3) is 0 Å². The van der Waals surface area contributed by atoms with E-state index in [1.165, 1.54) is 0 Å². The lowest BCUT2D eigenvalue weighted by Crippen LogP contribution is -2.37. The summed E-state index contributed by atoms with van der Waals surface area (Å²) in [5.41, 5.74) is 0.404. The molecule has 1 aromatic rings.